The maximum absolute atomic E-state index is 12.7. The van der Waals surface area contributed by atoms with E-state index < -0.39 is 5.91 Å². The molecule has 0 fully saturated rings. The van der Waals surface area contributed by atoms with E-state index in [2.05, 4.69) is 15.6 Å². The van der Waals surface area contributed by atoms with Gasteiger partial charge < -0.3 is 9.84 Å². The lowest BCUT2D eigenvalue weighted by molar-refractivity contribution is 0.0949. The highest BCUT2D eigenvalue weighted by atomic mass is 16.5. The van der Waals surface area contributed by atoms with Gasteiger partial charge in [-0.15, -0.1) is 0 Å². The smallest absolute Gasteiger partial charge is 0.292 e. The summed E-state index contributed by atoms with van der Waals surface area (Å²) in [5, 5.41) is 18.8. The molecule has 0 bridgehead atoms. The maximum atomic E-state index is 12.7. The monoisotopic (exact) mass is 380 g/mol. The number of ether oxygens (including phenoxy) is 1. The molecule has 0 spiro atoms. The summed E-state index contributed by atoms with van der Waals surface area (Å²) in [5.74, 6) is -0.0257. The van der Waals surface area contributed by atoms with Crippen molar-refractivity contribution in [3.05, 3.63) is 64.1 Å². The van der Waals surface area contributed by atoms with Gasteiger partial charge in [0.25, 0.3) is 11.5 Å². The first-order chi connectivity index (χ1) is 13.4. The molecular weight excluding hydrogens is 360 g/mol. The molecule has 0 aliphatic rings. The Kier molecular flexibility index (Phi) is 5.39. The van der Waals surface area contributed by atoms with Crippen molar-refractivity contribution in [1.29, 1.82) is 0 Å². The van der Waals surface area contributed by atoms with Crippen LogP contribution >= 0.6 is 0 Å². The van der Waals surface area contributed by atoms with Crippen LogP contribution in [0.3, 0.4) is 0 Å². The molecule has 0 atom stereocenters. The lowest BCUT2D eigenvalue weighted by atomic mass is 10.1. The van der Waals surface area contributed by atoms with Gasteiger partial charge in [-0.05, 0) is 38.1 Å². The largest absolute Gasteiger partial charge is 0.507 e. The Labute approximate surface area is 161 Å². The summed E-state index contributed by atoms with van der Waals surface area (Å²) >= 11 is 0. The van der Waals surface area contributed by atoms with E-state index in [9.17, 15) is 14.7 Å². The molecule has 8 heteroatoms. The molecule has 0 saturated heterocycles. The molecule has 2 N–H and O–H groups in total. The normalized spacial score (nSPS) is 11.3. The molecule has 2 aromatic carbocycles. The van der Waals surface area contributed by atoms with Gasteiger partial charge in [0, 0.05) is 10.9 Å². The summed E-state index contributed by atoms with van der Waals surface area (Å²) in [5.41, 5.74) is 2.61. The second-order valence-electron chi connectivity index (χ2n) is 6.36. The number of amides is 1. The van der Waals surface area contributed by atoms with E-state index in [1.165, 1.54) is 24.1 Å². The van der Waals surface area contributed by atoms with E-state index >= 15 is 0 Å². The highest BCUT2D eigenvalue weighted by molar-refractivity contribution is 6.05. The number of rotatable bonds is 5. The molecule has 0 saturated carbocycles. The predicted molar refractivity (Wildman–Crippen MR) is 106 cm³/mol. The van der Waals surface area contributed by atoms with Gasteiger partial charge in [-0.1, -0.05) is 18.2 Å². The van der Waals surface area contributed by atoms with Crippen molar-refractivity contribution < 1.29 is 14.6 Å². The Morgan fingerprint density at radius 3 is 2.64 bits per heavy atom. The molecule has 144 valence electrons. The number of aromatic hydroxyl groups is 1. The fraction of sp³-hybridized carbons (Fsp3) is 0.200. The van der Waals surface area contributed by atoms with E-state index in [-0.39, 0.29) is 23.0 Å². The number of benzene rings is 2. The number of hydrogen-bond acceptors (Lipinski definition) is 6. The number of phenolic OH excluding ortho intramolecular Hbond substituents is 1. The van der Waals surface area contributed by atoms with Crippen molar-refractivity contribution in [3.8, 4) is 11.5 Å². The summed E-state index contributed by atoms with van der Waals surface area (Å²) in [6.07, 6.45) is 1.30. The molecule has 0 aliphatic heterocycles. The number of fused-ring (bicyclic) bond motifs is 1. The van der Waals surface area contributed by atoms with Crippen molar-refractivity contribution in [2.24, 2.45) is 5.10 Å². The first-order valence-electron chi connectivity index (χ1n) is 8.64. The van der Waals surface area contributed by atoms with Gasteiger partial charge in [0.05, 0.1) is 24.8 Å². The number of nitrogens with one attached hydrogen (secondary N) is 1. The number of aromatic nitrogens is 2. The van der Waals surface area contributed by atoms with E-state index in [1.807, 2.05) is 13.8 Å². The van der Waals surface area contributed by atoms with E-state index in [0.29, 0.717) is 22.1 Å². The average molecular weight is 380 g/mol. The van der Waals surface area contributed by atoms with Crippen LogP contribution in [0.15, 0.2) is 52.4 Å². The van der Waals surface area contributed by atoms with Crippen LogP contribution in [0.25, 0.3) is 10.8 Å². The van der Waals surface area contributed by atoms with Gasteiger partial charge in [-0.25, -0.2) is 10.1 Å². The number of carbonyl (C=O) groups is 1. The van der Waals surface area contributed by atoms with Crippen LogP contribution in [-0.2, 0) is 0 Å². The second kappa shape index (κ2) is 7.91. The van der Waals surface area contributed by atoms with Gasteiger partial charge >= 0.3 is 0 Å². The lowest BCUT2D eigenvalue weighted by Crippen LogP contribution is -2.30. The summed E-state index contributed by atoms with van der Waals surface area (Å²) < 4.78 is 6.37. The first kappa shape index (κ1) is 19.1. The Hall–Kier alpha value is -3.68. The third kappa shape index (κ3) is 3.71. The van der Waals surface area contributed by atoms with Crippen molar-refractivity contribution in [3.63, 3.8) is 0 Å². The van der Waals surface area contributed by atoms with Crippen molar-refractivity contribution in [2.75, 3.05) is 7.11 Å². The molecule has 1 aromatic heterocycles. The van der Waals surface area contributed by atoms with E-state index in [4.69, 9.17) is 4.74 Å². The van der Waals surface area contributed by atoms with Crippen molar-refractivity contribution in [2.45, 2.75) is 19.9 Å². The van der Waals surface area contributed by atoms with Gasteiger partial charge in [0.1, 0.15) is 11.5 Å². The number of carbonyl (C=O) groups excluding carboxylic acids is 1. The number of phenols is 1. The standard InChI is InChI=1S/C20H20N4O4/c1-12(2)24-20(27)16-7-5-4-6-15(16)18(23-24)19(26)22-21-11-13-10-14(28-3)8-9-17(13)25/h4-12,25H,1-3H3,(H,22,26)/b21-11+. The van der Waals surface area contributed by atoms with Crippen LogP contribution in [0.2, 0.25) is 0 Å². The molecule has 1 heterocycles. The first-order valence-corrected chi connectivity index (χ1v) is 8.64. The zero-order valence-corrected chi connectivity index (χ0v) is 15.7. The molecule has 0 unspecified atom stereocenters. The van der Waals surface area contributed by atoms with Crippen molar-refractivity contribution >= 4 is 22.9 Å². The van der Waals surface area contributed by atoms with E-state index in [0.717, 1.165) is 0 Å². The maximum Gasteiger partial charge on any atom is 0.292 e. The lowest BCUT2D eigenvalue weighted by Gasteiger charge is -2.12. The molecule has 3 aromatic rings. The number of hydrogen-bond donors (Lipinski definition) is 2. The predicted octanol–water partition coefficient (Wildman–Crippen LogP) is 2.46. The molecule has 1 amide bonds. The summed E-state index contributed by atoms with van der Waals surface area (Å²) in [6, 6.07) is 11.2. The van der Waals surface area contributed by atoms with Crippen LogP contribution in [-0.4, -0.2) is 34.1 Å². The van der Waals surface area contributed by atoms with Crippen molar-refractivity contribution in [1.82, 2.24) is 15.2 Å². The molecule has 0 radical (unpaired) electrons. The minimum atomic E-state index is -0.566. The minimum absolute atomic E-state index is 0.00395. The van der Waals surface area contributed by atoms with Crippen LogP contribution < -0.4 is 15.7 Å². The minimum Gasteiger partial charge on any atom is -0.507 e. The molecule has 3 rings (SSSR count). The van der Waals surface area contributed by atoms with Crippen LogP contribution in [0.5, 0.6) is 11.5 Å². The highest BCUT2D eigenvalue weighted by Gasteiger charge is 2.17. The summed E-state index contributed by atoms with van der Waals surface area (Å²) in [6.45, 7) is 3.63. The van der Waals surface area contributed by atoms with Gasteiger partial charge in [-0.2, -0.15) is 10.2 Å². The van der Waals surface area contributed by atoms with E-state index in [1.54, 1.807) is 36.4 Å². The topological polar surface area (TPSA) is 106 Å². The molecule has 8 nitrogen and oxygen atoms in total. The van der Waals surface area contributed by atoms with Gasteiger partial charge in [0.2, 0.25) is 0 Å². The number of hydrazone groups is 1. The number of nitrogens with zero attached hydrogens (tertiary/aromatic N) is 3. The van der Waals surface area contributed by atoms with Crippen LogP contribution in [0, 0.1) is 0 Å². The summed E-state index contributed by atoms with van der Waals surface area (Å²) in [7, 11) is 1.51. The Balaban J connectivity index is 1.94. The average Bonchev–Trinajstić information content (AvgIpc) is 2.69. The SMILES string of the molecule is COc1ccc(O)c(/C=N/NC(=O)c2nn(C(C)C)c(=O)c3ccccc23)c1. The fourth-order valence-corrected chi connectivity index (χ4v) is 2.70. The van der Waals surface area contributed by atoms with Gasteiger partial charge in [-0.3, -0.25) is 9.59 Å². The molecular formula is C20H20N4O4. The molecule has 0 aliphatic carbocycles. The van der Waals surface area contributed by atoms with Crippen LogP contribution in [0.1, 0.15) is 35.9 Å². The Morgan fingerprint density at radius 1 is 1.25 bits per heavy atom. The van der Waals surface area contributed by atoms with Crippen LogP contribution in [0.4, 0.5) is 0 Å². The zero-order chi connectivity index (χ0) is 20.3. The summed E-state index contributed by atoms with van der Waals surface area (Å²) in [4.78, 5) is 25.2. The fourth-order valence-electron chi connectivity index (χ4n) is 2.70. The Bertz CT molecular complexity index is 1120. The third-order valence-electron chi connectivity index (χ3n) is 4.14. The van der Waals surface area contributed by atoms with Gasteiger partial charge in [0.15, 0.2) is 5.69 Å². The third-order valence-corrected chi connectivity index (χ3v) is 4.14. The highest BCUT2D eigenvalue weighted by Crippen LogP contribution is 2.21. The Morgan fingerprint density at radius 2 is 1.96 bits per heavy atom. The molecule has 28 heavy (non-hydrogen) atoms. The quantitative estimate of drug-likeness (QED) is 0.522. The zero-order valence-electron chi connectivity index (χ0n) is 15.7. The number of methoxy groups -OCH3 is 1. The second-order valence-corrected chi connectivity index (χ2v) is 6.36.